The third-order valence-electron chi connectivity index (χ3n) is 11.7. The Labute approximate surface area is 347 Å². The molecule has 3 aromatic heterocycles. The molecular formula is C49H60IrNO3S-. The van der Waals surface area contributed by atoms with Gasteiger partial charge in [-0.1, -0.05) is 111 Å². The first-order chi connectivity index (χ1) is 25.5. The Balaban J connectivity index is 0.000000320. The summed E-state index contributed by atoms with van der Waals surface area (Å²) in [7, 11) is 0. The van der Waals surface area contributed by atoms with Crippen molar-refractivity contribution < 1.29 is 34.4 Å². The smallest absolute Gasteiger partial charge is 0.164 e. The molecule has 295 valence electrons. The number of hydrogen-bond acceptors (Lipinski definition) is 5. The van der Waals surface area contributed by atoms with E-state index in [4.69, 9.17) is 9.40 Å². The summed E-state index contributed by atoms with van der Waals surface area (Å²) < 4.78 is 7.56. The zero-order valence-electron chi connectivity index (χ0n) is 35.0. The Hall–Kier alpha value is -3.57. The van der Waals surface area contributed by atoms with E-state index >= 15 is 0 Å². The van der Waals surface area contributed by atoms with Gasteiger partial charge in [-0.3, -0.25) is 9.78 Å². The van der Waals surface area contributed by atoms with Gasteiger partial charge in [-0.25, -0.2) is 0 Å². The zero-order valence-corrected chi connectivity index (χ0v) is 38.2. The Morgan fingerprint density at radius 3 is 2.16 bits per heavy atom. The van der Waals surface area contributed by atoms with Gasteiger partial charge in [0.1, 0.15) is 17.1 Å². The maximum absolute atomic E-state index is 12.2. The van der Waals surface area contributed by atoms with Gasteiger partial charge >= 0.3 is 0 Å². The number of aromatic nitrogens is 1. The minimum absolute atomic E-state index is 0. The second-order valence-corrected chi connectivity index (χ2v) is 18.0. The summed E-state index contributed by atoms with van der Waals surface area (Å²) in [5.74, 6) is 1.85. The number of thiophene rings is 1. The van der Waals surface area contributed by atoms with E-state index in [0.29, 0.717) is 5.92 Å². The number of pyridine rings is 1. The number of benzene rings is 3. The molecule has 0 spiro atoms. The van der Waals surface area contributed by atoms with Crippen molar-refractivity contribution in [3.05, 3.63) is 101 Å². The minimum Gasteiger partial charge on any atom is -0.512 e. The third-order valence-corrected chi connectivity index (χ3v) is 13.1. The molecule has 3 heterocycles. The van der Waals surface area contributed by atoms with E-state index in [9.17, 15) is 9.90 Å². The first kappa shape index (κ1) is 44.1. The van der Waals surface area contributed by atoms with E-state index in [1.165, 1.54) is 48.5 Å². The number of aryl methyl sites for hydroxylation is 1. The SMILES string of the molecule is CCC(C)(CC)C(=O)/C=C(\O)C(C)(CC)CC.Cc1c(-c2cc3cc(CC(C)C)ccc3o2)sc2c(-c3[c-]c4ccccc4c(C(C)(C)C)c3)nccc12.[Ir]. The number of nitrogens with zero attached hydrogens (tertiary/aromatic N) is 1. The van der Waals surface area contributed by atoms with Gasteiger partial charge in [-0.2, -0.15) is 0 Å². The van der Waals surface area contributed by atoms with E-state index < -0.39 is 0 Å². The number of ketones is 1. The van der Waals surface area contributed by atoms with Crippen LogP contribution < -0.4 is 0 Å². The van der Waals surface area contributed by atoms with Crippen LogP contribution in [-0.2, 0) is 36.7 Å². The van der Waals surface area contributed by atoms with Crippen molar-refractivity contribution in [2.24, 2.45) is 16.7 Å². The summed E-state index contributed by atoms with van der Waals surface area (Å²) in [6.07, 6.45) is 7.76. The number of aliphatic hydroxyl groups excluding tert-OH is 1. The van der Waals surface area contributed by atoms with E-state index in [-0.39, 0.29) is 47.9 Å². The van der Waals surface area contributed by atoms with Crippen molar-refractivity contribution in [2.75, 3.05) is 0 Å². The van der Waals surface area contributed by atoms with Gasteiger partial charge in [0, 0.05) is 59.0 Å². The van der Waals surface area contributed by atoms with Crippen LogP contribution in [0.1, 0.15) is 119 Å². The quantitative estimate of drug-likeness (QED) is 0.0799. The number of furan rings is 1. The van der Waals surface area contributed by atoms with Gasteiger partial charge in [-0.15, -0.1) is 40.5 Å². The van der Waals surface area contributed by atoms with Gasteiger partial charge in [-0.05, 0) is 91.1 Å². The van der Waals surface area contributed by atoms with Crippen LogP contribution in [0, 0.1) is 29.7 Å². The van der Waals surface area contributed by atoms with E-state index in [0.717, 1.165) is 60.1 Å². The van der Waals surface area contributed by atoms with Gasteiger partial charge in [0.2, 0.25) is 0 Å². The topological polar surface area (TPSA) is 63.3 Å². The standard InChI is InChI=1S/C34H32NOS.C15H28O2.Ir/c1-20(2)15-22-11-12-29-24(16-22)19-30(36-29)32-21(3)26-13-14-35-31(33(26)37-32)25-17-23-9-7-8-10-27(23)28(18-25)34(4,5)6;1-7-14(5,8-2)12(16)11-13(17)15(6,9-3)10-4;/h7-14,16,18-20H,15H2,1-6H3;11,16H,7-10H2,1-6H3;/q-1;;/b;12-11-;. The molecule has 6 heteroatoms. The Morgan fingerprint density at radius 1 is 0.891 bits per heavy atom. The number of fused-ring (bicyclic) bond motifs is 3. The average Bonchev–Trinajstić information content (AvgIpc) is 3.73. The molecule has 0 atom stereocenters. The molecule has 1 N–H and O–H groups in total. The maximum atomic E-state index is 12.2. The Morgan fingerprint density at radius 2 is 1.55 bits per heavy atom. The maximum Gasteiger partial charge on any atom is 0.164 e. The Bertz CT molecular complexity index is 2290. The second kappa shape index (κ2) is 17.7. The number of allylic oxidation sites excluding steroid dienone is 2. The summed E-state index contributed by atoms with van der Waals surface area (Å²) in [5, 5.41) is 14.9. The summed E-state index contributed by atoms with van der Waals surface area (Å²) in [6, 6.07) is 25.4. The molecule has 0 bridgehead atoms. The van der Waals surface area contributed by atoms with Gasteiger partial charge in [0.15, 0.2) is 5.78 Å². The van der Waals surface area contributed by atoms with Crippen molar-refractivity contribution in [3.8, 4) is 21.9 Å². The summed E-state index contributed by atoms with van der Waals surface area (Å²) >= 11 is 1.77. The van der Waals surface area contributed by atoms with Gasteiger partial charge in [0.05, 0.1) is 4.88 Å². The molecular weight excluding hydrogens is 875 g/mol. The van der Waals surface area contributed by atoms with Gasteiger partial charge in [0.25, 0.3) is 0 Å². The summed E-state index contributed by atoms with van der Waals surface area (Å²) in [6.45, 7) is 25.6. The van der Waals surface area contributed by atoms with Crippen molar-refractivity contribution >= 4 is 48.9 Å². The fourth-order valence-electron chi connectivity index (χ4n) is 7.04. The first-order valence-electron chi connectivity index (χ1n) is 19.8. The molecule has 6 rings (SSSR count). The molecule has 0 amide bonds. The van der Waals surface area contributed by atoms with Crippen LogP contribution in [0.4, 0.5) is 0 Å². The molecule has 3 aromatic carbocycles. The first-order valence-corrected chi connectivity index (χ1v) is 20.6. The predicted molar refractivity (Wildman–Crippen MR) is 232 cm³/mol. The normalized spacial score (nSPS) is 12.6. The average molecular weight is 935 g/mol. The van der Waals surface area contributed by atoms with E-state index in [2.05, 4.69) is 108 Å². The summed E-state index contributed by atoms with van der Waals surface area (Å²) in [4.78, 5) is 18.2. The van der Waals surface area contributed by atoms with Crippen LogP contribution in [0.2, 0.25) is 0 Å². The Kier molecular flexibility index (Phi) is 14.2. The number of carbonyl (C=O) groups excluding carboxylic acids is 1. The minimum atomic E-state index is -0.337. The molecule has 6 aromatic rings. The van der Waals surface area contributed by atoms with E-state index in [1.54, 1.807) is 11.3 Å². The number of aliphatic hydroxyl groups is 1. The molecule has 4 nitrogen and oxygen atoms in total. The monoisotopic (exact) mass is 935 g/mol. The molecule has 0 aliphatic heterocycles. The van der Waals surface area contributed by atoms with Crippen LogP contribution in [0.5, 0.6) is 0 Å². The molecule has 0 aliphatic rings. The van der Waals surface area contributed by atoms with Crippen LogP contribution >= 0.6 is 11.3 Å². The molecule has 0 fully saturated rings. The van der Waals surface area contributed by atoms with Crippen LogP contribution in [-0.4, -0.2) is 15.9 Å². The second-order valence-electron chi connectivity index (χ2n) is 17.0. The summed E-state index contributed by atoms with van der Waals surface area (Å²) in [5.41, 5.74) is 6.30. The number of rotatable bonds is 11. The predicted octanol–water partition coefficient (Wildman–Crippen LogP) is 14.8. The van der Waals surface area contributed by atoms with Crippen molar-refractivity contribution in [2.45, 2.75) is 121 Å². The molecule has 0 saturated heterocycles. The van der Waals surface area contributed by atoms with Crippen molar-refractivity contribution in [1.29, 1.82) is 0 Å². The van der Waals surface area contributed by atoms with Crippen LogP contribution in [0.3, 0.4) is 0 Å². The molecule has 0 unspecified atom stereocenters. The van der Waals surface area contributed by atoms with Crippen LogP contribution in [0.15, 0.2) is 83.1 Å². The molecule has 0 aliphatic carbocycles. The van der Waals surface area contributed by atoms with Crippen molar-refractivity contribution in [3.63, 3.8) is 0 Å². The number of hydrogen-bond donors (Lipinski definition) is 1. The number of carbonyl (C=O) groups is 1. The van der Waals surface area contributed by atoms with E-state index in [1.807, 2.05) is 47.7 Å². The molecule has 1 radical (unpaired) electrons. The fourth-order valence-corrected chi connectivity index (χ4v) is 8.30. The molecule has 0 saturated carbocycles. The van der Waals surface area contributed by atoms with Gasteiger partial charge < -0.3 is 9.52 Å². The zero-order chi connectivity index (χ0) is 39.6. The van der Waals surface area contributed by atoms with Crippen molar-refractivity contribution in [1.82, 2.24) is 4.98 Å². The molecule has 55 heavy (non-hydrogen) atoms. The largest absolute Gasteiger partial charge is 0.512 e. The van der Waals surface area contributed by atoms with Crippen LogP contribution in [0.25, 0.3) is 53.7 Å². The third kappa shape index (κ3) is 9.36. The fraction of sp³-hybridized carbons (Fsp3) is 0.429.